The molecule has 0 spiro atoms. The van der Waals surface area contributed by atoms with Crippen molar-refractivity contribution in [2.75, 3.05) is 0 Å². The fraction of sp³-hybridized carbons (Fsp3) is 0.529. The minimum Gasteiger partial charge on any atom is -0.327 e. The standard InChI is InChI=1S/C17H24N4/c18-14(8-9-15-5-3-4-11-19-15)13-16-10-12-21(20-16)17-6-1-2-7-17/h3-5,10-12,14,17H,1-2,6-9,13,18H2. The van der Waals surface area contributed by atoms with E-state index < -0.39 is 0 Å². The maximum Gasteiger partial charge on any atom is 0.0640 e. The van der Waals surface area contributed by atoms with Gasteiger partial charge in [-0.15, -0.1) is 0 Å². The van der Waals surface area contributed by atoms with Crippen LogP contribution in [0.5, 0.6) is 0 Å². The second kappa shape index (κ2) is 6.85. The lowest BCUT2D eigenvalue weighted by Crippen LogP contribution is -2.24. The van der Waals surface area contributed by atoms with E-state index in [-0.39, 0.29) is 6.04 Å². The summed E-state index contributed by atoms with van der Waals surface area (Å²) in [5, 5.41) is 4.71. The molecule has 1 unspecified atom stereocenters. The van der Waals surface area contributed by atoms with Gasteiger partial charge in [-0.2, -0.15) is 5.10 Å². The summed E-state index contributed by atoms with van der Waals surface area (Å²) in [7, 11) is 0. The Morgan fingerprint density at radius 3 is 2.81 bits per heavy atom. The van der Waals surface area contributed by atoms with Gasteiger partial charge in [-0.25, -0.2) is 0 Å². The smallest absolute Gasteiger partial charge is 0.0640 e. The summed E-state index contributed by atoms with van der Waals surface area (Å²) in [5.41, 5.74) is 8.48. The SMILES string of the molecule is NC(CCc1ccccn1)Cc1ccn(C2CCCC2)n1. The zero-order valence-electron chi connectivity index (χ0n) is 12.5. The highest BCUT2D eigenvalue weighted by atomic mass is 15.3. The fourth-order valence-corrected chi connectivity index (χ4v) is 3.11. The highest BCUT2D eigenvalue weighted by Gasteiger charge is 2.18. The van der Waals surface area contributed by atoms with E-state index in [2.05, 4.69) is 28.0 Å². The first kappa shape index (κ1) is 14.3. The summed E-state index contributed by atoms with van der Waals surface area (Å²) in [6, 6.07) is 8.92. The maximum absolute atomic E-state index is 6.24. The molecule has 0 amide bonds. The predicted octanol–water partition coefficient (Wildman–Crippen LogP) is 2.90. The third-order valence-electron chi connectivity index (χ3n) is 4.33. The van der Waals surface area contributed by atoms with Crippen LogP contribution >= 0.6 is 0 Å². The van der Waals surface area contributed by atoms with Crippen molar-refractivity contribution in [1.82, 2.24) is 14.8 Å². The molecule has 3 rings (SSSR count). The van der Waals surface area contributed by atoms with Crippen molar-refractivity contribution < 1.29 is 0 Å². The van der Waals surface area contributed by atoms with Crippen molar-refractivity contribution in [2.45, 2.75) is 57.0 Å². The Morgan fingerprint density at radius 2 is 2.05 bits per heavy atom. The van der Waals surface area contributed by atoms with Gasteiger partial charge in [0.15, 0.2) is 0 Å². The molecule has 1 atom stereocenters. The monoisotopic (exact) mass is 284 g/mol. The minimum atomic E-state index is 0.152. The molecule has 1 fully saturated rings. The summed E-state index contributed by atoms with van der Waals surface area (Å²) < 4.78 is 2.15. The molecule has 2 heterocycles. The third-order valence-corrected chi connectivity index (χ3v) is 4.33. The van der Waals surface area contributed by atoms with Crippen LogP contribution in [0.4, 0.5) is 0 Å². The van der Waals surface area contributed by atoms with E-state index in [0.717, 1.165) is 30.7 Å². The summed E-state index contributed by atoms with van der Waals surface area (Å²) in [4.78, 5) is 4.34. The van der Waals surface area contributed by atoms with Crippen molar-refractivity contribution in [3.05, 3.63) is 48.0 Å². The Balaban J connectivity index is 1.49. The zero-order chi connectivity index (χ0) is 14.5. The number of pyridine rings is 1. The van der Waals surface area contributed by atoms with E-state index in [1.165, 1.54) is 25.7 Å². The molecule has 0 saturated heterocycles. The number of hydrogen-bond acceptors (Lipinski definition) is 3. The Hall–Kier alpha value is -1.68. The van der Waals surface area contributed by atoms with Crippen LogP contribution in [-0.2, 0) is 12.8 Å². The highest BCUT2D eigenvalue weighted by molar-refractivity contribution is 5.05. The van der Waals surface area contributed by atoms with Crippen molar-refractivity contribution >= 4 is 0 Å². The van der Waals surface area contributed by atoms with Crippen molar-refractivity contribution in [2.24, 2.45) is 5.73 Å². The van der Waals surface area contributed by atoms with E-state index >= 15 is 0 Å². The molecule has 21 heavy (non-hydrogen) atoms. The van der Waals surface area contributed by atoms with Gasteiger partial charge >= 0.3 is 0 Å². The Bertz CT molecular complexity index is 543. The van der Waals surface area contributed by atoms with Crippen LogP contribution in [0.2, 0.25) is 0 Å². The molecule has 2 aromatic heterocycles. The number of hydrogen-bond donors (Lipinski definition) is 1. The molecule has 4 nitrogen and oxygen atoms in total. The van der Waals surface area contributed by atoms with Crippen molar-refractivity contribution in [1.29, 1.82) is 0 Å². The Kier molecular flexibility index (Phi) is 4.65. The van der Waals surface area contributed by atoms with Gasteiger partial charge in [0.05, 0.1) is 11.7 Å². The van der Waals surface area contributed by atoms with Crippen LogP contribution in [0, 0.1) is 0 Å². The average molecular weight is 284 g/mol. The second-order valence-electron chi connectivity index (χ2n) is 6.05. The average Bonchev–Trinajstić information content (AvgIpc) is 3.17. The van der Waals surface area contributed by atoms with Gasteiger partial charge in [-0.3, -0.25) is 9.67 Å². The van der Waals surface area contributed by atoms with E-state index in [9.17, 15) is 0 Å². The molecule has 1 aliphatic rings. The third kappa shape index (κ3) is 3.91. The Labute approximate surface area is 126 Å². The summed E-state index contributed by atoms with van der Waals surface area (Å²) in [5.74, 6) is 0. The molecule has 1 aliphatic carbocycles. The summed E-state index contributed by atoms with van der Waals surface area (Å²) in [6.07, 6.45) is 11.9. The van der Waals surface area contributed by atoms with Gasteiger partial charge in [-0.1, -0.05) is 18.9 Å². The topological polar surface area (TPSA) is 56.7 Å². The maximum atomic E-state index is 6.24. The van der Waals surface area contributed by atoms with Gasteiger partial charge in [0, 0.05) is 30.6 Å². The number of rotatable bonds is 6. The number of nitrogens with zero attached hydrogens (tertiary/aromatic N) is 3. The van der Waals surface area contributed by atoms with Gasteiger partial charge < -0.3 is 5.73 Å². The van der Waals surface area contributed by atoms with Gasteiger partial charge in [0.25, 0.3) is 0 Å². The molecule has 4 heteroatoms. The highest BCUT2D eigenvalue weighted by Crippen LogP contribution is 2.28. The van der Waals surface area contributed by atoms with E-state index in [4.69, 9.17) is 10.8 Å². The molecule has 0 aliphatic heterocycles. The van der Waals surface area contributed by atoms with E-state index in [0.29, 0.717) is 6.04 Å². The van der Waals surface area contributed by atoms with E-state index in [1.54, 1.807) is 0 Å². The second-order valence-corrected chi connectivity index (χ2v) is 6.05. The van der Waals surface area contributed by atoms with E-state index in [1.807, 2.05) is 18.3 Å². The van der Waals surface area contributed by atoms with Crippen LogP contribution in [-0.4, -0.2) is 20.8 Å². The molecular weight excluding hydrogens is 260 g/mol. The summed E-state index contributed by atoms with van der Waals surface area (Å²) >= 11 is 0. The van der Waals surface area contributed by atoms with Crippen molar-refractivity contribution in [3.8, 4) is 0 Å². The van der Waals surface area contributed by atoms with Crippen LogP contribution < -0.4 is 5.73 Å². The number of aromatic nitrogens is 3. The lowest BCUT2D eigenvalue weighted by molar-refractivity contribution is 0.460. The molecule has 2 N–H and O–H groups in total. The first-order valence-corrected chi connectivity index (χ1v) is 8.01. The molecule has 0 bridgehead atoms. The molecule has 1 saturated carbocycles. The van der Waals surface area contributed by atoms with Crippen LogP contribution in [0.1, 0.15) is 49.5 Å². The van der Waals surface area contributed by atoms with Crippen LogP contribution in [0.3, 0.4) is 0 Å². The molecule has 0 radical (unpaired) electrons. The van der Waals surface area contributed by atoms with Gasteiger partial charge in [0.2, 0.25) is 0 Å². The van der Waals surface area contributed by atoms with Gasteiger partial charge in [0.1, 0.15) is 0 Å². The molecular formula is C17H24N4. The van der Waals surface area contributed by atoms with Crippen LogP contribution in [0.15, 0.2) is 36.7 Å². The fourth-order valence-electron chi connectivity index (χ4n) is 3.11. The largest absolute Gasteiger partial charge is 0.327 e. The molecule has 0 aromatic carbocycles. The first-order chi connectivity index (χ1) is 10.3. The quantitative estimate of drug-likeness (QED) is 0.887. The minimum absolute atomic E-state index is 0.152. The summed E-state index contributed by atoms with van der Waals surface area (Å²) in [6.45, 7) is 0. The molecule has 2 aromatic rings. The van der Waals surface area contributed by atoms with Crippen molar-refractivity contribution in [3.63, 3.8) is 0 Å². The van der Waals surface area contributed by atoms with Crippen LogP contribution in [0.25, 0.3) is 0 Å². The lowest BCUT2D eigenvalue weighted by Gasteiger charge is -2.11. The predicted molar refractivity (Wildman–Crippen MR) is 84.0 cm³/mol. The first-order valence-electron chi connectivity index (χ1n) is 8.01. The number of aryl methyl sites for hydroxylation is 1. The van der Waals surface area contributed by atoms with Gasteiger partial charge in [-0.05, 0) is 43.9 Å². The zero-order valence-corrected chi connectivity index (χ0v) is 12.5. The normalized spacial score (nSPS) is 17.2. The lowest BCUT2D eigenvalue weighted by atomic mass is 10.1. The number of nitrogens with two attached hydrogens (primary N) is 1. The molecule has 112 valence electrons. The Morgan fingerprint density at radius 1 is 1.19 bits per heavy atom.